The minimum atomic E-state index is -0.220. The van der Waals surface area contributed by atoms with E-state index in [1.807, 2.05) is 24.4 Å². The third kappa shape index (κ3) is 4.63. The molecule has 2 aromatic carbocycles. The average molecular weight is 408 g/mol. The van der Waals surface area contributed by atoms with Crippen molar-refractivity contribution in [2.45, 2.75) is 13.0 Å². The van der Waals surface area contributed by atoms with Crippen LogP contribution in [0.15, 0.2) is 65.1 Å². The number of thiazole rings is 1. The molecule has 2 aromatic heterocycles. The van der Waals surface area contributed by atoms with Crippen molar-refractivity contribution in [1.29, 1.82) is 0 Å². The van der Waals surface area contributed by atoms with Gasteiger partial charge in [-0.1, -0.05) is 30.3 Å². The van der Waals surface area contributed by atoms with Crippen molar-refractivity contribution >= 4 is 28.2 Å². The van der Waals surface area contributed by atoms with Crippen molar-refractivity contribution in [2.24, 2.45) is 4.99 Å². The molecule has 4 rings (SSSR count). The molecule has 0 unspecified atom stereocenters. The van der Waals surface area contributed by atoms with Gasteiger partial charge in [-0.2, -0.15) is 0 Å². The van der Waals surface area contributed by atoms with Crippen LogP contribution in [0.25, 0.3) is 22.2 Å². The molecule has 3 N–H and O–H groups in total. The summed E-state index contributed by atoms with van der Waals surface area (Å²) in [7, 11) is 1.74. The third-order valence-corrected chi connectivity index (χ3v) is 5.52. The van der Waals surface area contributed by atoms with Gasteiger partial charge < -0.3 is 15.6 Å². The van der Waals surface area contributed by atoms with Gasteiger partial charge in [-0.25, -0.2) is 9.37 Å². The molecule has 4 aromatic rings. The normalized spacial score (nSPS) is 11.7. The predicted octanol–water partition coefficient (Wildman–Crippen LogP) is 4.34. The Balaban J connectivity index is 1.30. The summed E-state index contributed by atoms with van der Waals surface area (Å²) in [4.78, 5) is 12.1. The van der Waals surface area contributed by atoms with Gasteiger partial charge in [-0.3, -0.25) is 4.99 Å². The van der Waals surface area contributed by atoms with Gasteiger partial charge in [0.25, 0.3) is 0 Å². The van der Waals surface area contributed by atoms with E-state index in [0.717, 1.165) is 39.2 Å². The minimum Gasteiger partial charge on any atom is -0.361 e. The predicted molar refractivity (Wildman–Crippen MR) is 118 cm³/mol. The zero-order valence-corrected chi connectivity index (χ0v) is 16.9. The summed E-state index contributed by atoms with van der Waals surface area (Å²) in [6.07, 6.45) is 2.70. The number of hydrogen-bond acceptors (Lipinski definition) is 3. The Morgan fingerprint density at radius 3 is 2.86 bits per heavy atom. The number of rotatable bonds is 6. The Bertz CT molecular complexity index is 1120. The van der Waals surface area contributed by atoms with Crippen LogP contribution < -0.4 is 10.6 Å². The number of aliphatic imine (C=N–C) groups is 1. The molecule has 29 heavy (non-hydrogen) atoms. The molecule has 0 saturated carbocycles. The summed E-state index contributed by atoms with van der Waals surface area (Å²) < 4.78 is 13.5. The standard InChI is InChI=1S/C22H22FN5S/c1-24-22(25-10-9-16-12-26-19-8-7-17(23)11-18(16)19)27-13-21-28-20(14-29-21)15-5-3-2-4-6-15/h2-8,11-12,14,26H,9-10,13H2,1H3,(H2,24,25,27). The van der Waals surface area contributed by atoms with Crippen LogP contribution in [0.4, 0.5) is 4.39 Å². The Labute approximate surface area is 172 Å². The maximum Gasteiger partial charge on any atom is 0.191 e. The molecule has 0 atom stereocenters. The summed E-state index contributed by atoms with van der Waals surface area (Å²) in [5.41, 5.74) is 4.13. The fourth-order valence-corrected chi connectivity index (χ4v) is 3.93. The second-order valence-electron chi connectivity index (χ2n) is 6.60. The lowest BCUT2D eigenvalue weighted by Gasteiger charge is -2.10. The molecule has 0 saturated heterocycles. The number of nitrogens with zero attached hydrogens (tertiary/aromatic N) is 2. The van der Waals surface area contributed by atoms with Gasteiger partial charge in [0.2, 0.25) is 0 Å². The fraction of sp³-hybridized carbons (Fsp3) is 0.182. The smallest absolute Gasteiger partial charge is 0.191 e. The van der Waals surface area contributed by atoms with Crippen molar-refractivity contribution in [3.8, 4) is 11.3 Å². The van der Waals surface area contributed by atoms with E-state index < -0.39 is 0 Å². The monoisotopic (exact) mass is 407 g/mol. The molecular formula is C22H22FN5S. The molecule has 0 fully saturated rings. The van der Waals surface area contributed by atoms with E-state index in [-0.39, 0.29) is 5.82 Å². The van der Waals surface area contributed by atoms with Crippen LogP contribution in [-0.2, 0) is 13.0 Å². The minimum absolute atomic E-state index is 0.220. The number of nitrogens with one attached hydrogen (secondary N) is 3. The summed E-state index contributed by atoms with van der Waals surface area (Å²) in [5.74, 6) is 0.495. The van der Waals surface area contributed by atoms with Gasteiger partial charge in [0.15, 0.2) is 5.96 Å². The number of halogens is 1. The second kappa shape index (κ2) is 8.87. The van der Waals surface area contributed by atoms with Crippen LogP contribution in [-0.4, -0.2) is 29.5 Å². The second-order valence-corrected chi connectivity index (χ2v) is 7.54. The van der Waals surface area contributed by atoms with E-state index in [0.29, 0.717) is 19.0 Å². The molecular weight excluding hydrogens is 385 g/mol. The molecule has 0 aliphatic rings. The first-order valence-electron chi connectivity index (χ1n) is 9.43. The van der Waals surface area contributed by atoms with Gasteiger partial charge in [0, 0.05) is 41.6 Å². The van der Waals surface area contributed by atoms with Crippen LogP contribution in [0.2, 0.25) is 0 Å². The highest BCUT2D eigenvalue weighted by Crippen LogP contribution is 2.21. The van der Waals surface area contributed by atoms with Crippen LogP contribution in [0.1, 0.15) is 10.6 Å². The lowest BCUT2D eigenvalue weighted by Crippen LogP contribution is -2.37. The molecule has 7 heteroatoms. The number of fused-ring (bicyclic) bond motifs is 1. The number of aromatic nitrogens is 2. The first-order valence-corrected chi connectivity index (χ1v) is 10.3. The van der Waals surface area contributed by atoms with E-state index in [2.05, 4.69) is 43.1 Å². The van der Waals surface area contributed by atoms with Crippen LogP contribution in [0.3, 0.4) is 0 Å². The van der Waals surface area contributed by atoms with E-state index >= 15 is 0 Å². The third-order valence-electron chi connectivity index (χ3n) is 4.67. The van der Waals surface area contributed by atoms with E-state index in [9.17, 15) is 4.39 Å². The largest absolute Gasteiger partial charge is 0.361 e. The number of hydrogen-bond donors (Lipinski definition) is 3. The molecule has 2 heterocycles. The van der Waals surface area contributed by atoms with E-state index in [1.54, 1.807) is 30.5 Å². The van der Waals surface area contributed by atoms with E-state index in [4.69, 9.17) is 0 Å². The molecule has 0 bridgehead atoms. The number of guanidine groups is 1. The van der Waals surface area contributed by atoms with Crippen LogP contribution >= 0.6 is 11.3 Å². The van der Waals surface area contributed by atoms with Crippen molar-refractivity contribution in [2.75, 3.05) is 13.6 Å². The van der Waals surface area contributed by atoms with Gasteiger partial charge in [-0.05, 0) is 30.2 Å². The van der Waals surface area contributed by atoms with Gasteiger partial charge >= 0.3 is 0 Å². The number of benzene rings is 2. The van der Waals surface area contributed by atoms with Gasteiger partial charge in [0.05, 0.1) is 12.2 Å². The van der Waals surface area contributed by atoms with Gasteiger partial charge in [-0.15, -0.1) is 11.3 Å². The SMILES string of the molecule is CN=C(NCCc1c[nH]c2ccc(F)cc12)NCc1nc(-c2ccccc2)cs1. The first kappa shape index (κ1) is 19.1. The lowest BCUT2D eigenvalue weighted by molar-refractivity contribution is 0.629. The first-order chi connectivity index (χ1) is 14.2. The Morgan fingerprint density at radius 1 is 1.17 bits per heavy atom. The molecule has 0 radical (unpaired) electrons. The van der Waals surface area contributed by atoms with Crippen molar-refractivity contribution in [1.82, 2.24) is 20.6 Å². The lowest BCUT2D eigenvalue weighted by atomic mass is 10.1. The highest BCUT2D eigenvalue weighted by atomic mass is 32.1. The highest BCUT2D eigenvalue weighted by Gasteiger charge is 2.07. The Morgan fingerprint density at radius 2 is 2.03 bits per heavy atom. The van der Waals surface area contributed by atoms with Crippen LogP contribution in [0, 0.1) is 5.82 Å². The molecule has 0 spiro atoms. The summed E-state index contributed by atoms with van der Waals surface area (Å²) >= 11 is 1.63. The van der Waals surface area contributed by atoms with Crippen molar-refractivity contribution in [3.63, 3.8) is 0 Å². The Kier molecular flexibility index (Phi) is 5.86. The summed E-state index contributed by atoms with van der Waals surface area (Å²) in [5, 5.41) is 10.6. The van der Waals surface area contributed by atoms with Crippen molar-refractivity contribution in [3.05, 3.63) is 76.5 Å². The summed E-state index contributed by atoms with van der Waals surface area (Å²) in [6.45, 7) is 1.30. The number of aromatic amines is 1. The molecule has 0 aliphatic heterocycles. The fourth-order valence-electron chi connectivity index (χ4n) is 3.19. The molecule has 0 aliphatic carbocycles. The average Bonchev–Trinajstić information content (AvgIpc) is 3.38. The molecule has 0 amide bonds. The Hall–Kier alpha value is -3.19. The van der Waals surface area contributed by atoms with Crippen LogP contribution in [0.5, 0.6) is 0 Å². The zero-order valence-electron chi connectivity index (χ0n) is 16.1. The summed E-state index contributed by atoms with van der Waals surface area (Å²) in [6, 6.07) is 14.9. The molecule has 5 nitrogen and oxygen atoms in total. The molecule has 148 valence electrons. The highest BCUT2D eigenvalue weighted by molar-refractivity contribution is 7.09. The van der Waals surface area contributed by atoms with E-state index in [1.165, 1.54) is 6.07 Å². The maximum atomic E-state index is 13.5. The topological polar surface area (TPSA) is 65.1 Å². The number of H-pyrrole nitrogens is 1. The maximum absolute atomic E-state index is 13.5. The zero-order chi connectivity index (χ0) is 20.1. The van der Waals surface area contributed by atoms with Gasteiger partial charge in [0.1, 0.15) is 10.8 Å². The quantitative estimate of drug-likeness (QED) is 0.329. The van der Waals surface area contributed by atoms with Crippen molar-refractivity contribution < 1.29 is 4.39 Å².